The minimum atomic E-state index is 0.830. The highest BCUT2D eigenvalue weighted by Crippen LogP contribution is 2.28. The van der Waals surface area contributed by atoms with E-state index in [0.29, 0.717) is 0 Å². The van der Waals surface area contributed by atoms with E-state index in [2.05, 4.69) is 17.3 Å². The fraction of sp³-hybridized carbons (Fsp3) is 1.00. The number of likely N-dealkylation sites (tertiary alicyclic amines) is 1. The third-order valence-electron chi connectivity index (χ3n) is 4.24. The lowest BCUT2D eigenvalue weighted by molar-refractivity contribution is 0.232. The Morgan fingerprint density at radius 3 is 2.67 bits per heavy atom. The third kappa shape index (κ3) is 3.18. The highest BCUT2D eigenvalue weighted by molar-refractivity contribution is 4.81. The van der Waals surface area contributed by atoms with Crippen LogP contribution in [0.1, 0.15) is 44.9 Å². The van der Waals surface area contributed by atoms with Gasteiger partial charge in [0.1, 0.15) is 0 Å². The second-order valence-electron chi connectivity index (χ2n) is 5.33. The van der Waals surface area contributed by atoms with Gasteiger partial charge in [-0.25, -0.2) is 0 Å². The van der Waals surface area contributed by atoms with Gasteiger partial charge in [0, 0.05) is 12.6 Å². The largest absolute Gasteiger partial charge is 0.318 e. The van der Waals surface area contributed by atoms with Gasteiger partial charge in [0.25, 0.3) is 0 Å². The van der Waals surface area contributed by atoms with Crippen LogP contribution < -0.4 is 5.32 Å². The summed E-state index contributed by atoms with van der Waals surface area (Å²) < 4.78 is 0. The monoisotopic (exact) mass is 210 g/mol. The number of nitrogens with zero attached hydrogens (tertiary/aromatic N) is 1. The van der Waals surface area contributed by atoms with Gasteiger partial charge < -0.3 is 5.32 Å². The van der Waals surface area contributed by atoms with E-state index in [1.165, 1.54) is 64.6 Å². The summed E-state index contributed by atoms with van der Waals surface area (Å²) in [5, 5.41) is 3.33. The number of nitrogens with one attached hydrogen (secondary N) is 1. The van der Waals surface area contributed by atoms with Crippen LogP contribution in [0.25, 0.3) is 0 Å². The molecule has 0 aromatic heterocycles. The van der Waals surface area contributed by atoms with Crippen LogP contribution in [0.3, 0.4) is 0 Å². The zero-order chi connectivity index (χ0) is 10.5. The van der Waals surface area contributed by atoms with Crippen LogP contribution in [0.4, 0.5) is 0 Å². The molecule has 88 valence electrons. The standard InChI is InChI=1S/C13H26N2/c1-14-11-13-7-4-9-15(13)10-8-12-5-2-3-6-12/h12-14H,2-11H2,1H3. The van der Waals surface area contributed by atoms with Crippen LogP contribution in [0.2, 0.25) is 0 Å². The summed E-state index contributed by atoms with van der Waals surface area (Å²) in [5.74, 6) is 1.06. The van der Waals surface area contributed by atoms with Crippen molar-refractivity contribution in [3.05, 3.63) is 0 Å². The fourth-order valence-electron chi connectivity index (χ4n) is 3.30. The predicted octanol–water partition coefficient (Wildman–Crippen LogP) is 2.25. The molecular formula is C13H26N2. The number of hydrogen-bond donors (Lipinski definition) is 1. The van der Waals surface area contributed by atoms with E-state index in [1.807, 2.05) is 0 Å². The summed E-state index contributed by atoms with van der Waals surface area (Å²) in [7, 11) is 2.08. The SMILES string of the molecule is CNCC1CCCN1CCC1CCCC1. The maximum Gasteiger partial charge on any atom is 0.0220 e. The Balaban J connectivity index is 1.68. The topological polar surface area (TPSA) is 15.3 Å². The van der Waals surface area contributed by atoms with Gasteiger partial charge in [0.2, 0.25) is 0 Å². The number of hydrogen-bond acceptors (Lipinski definition) is 2. The average molecular weight is 210 g/mol. The molecule has 1 unspecified atom stereocenters. The molecule has 1 aliphatic carbocycles. The maximum absolute atomic E-state index is 3.33. The van der Waals surface area contributed by atoms with Crippen LogP contribution in [0.5, 0.6) is 0 Å². The first-order valence-corrected chi connectivity index (χ1v) is 6.79. The van der Waals surface area contributed by atoms with Crippen molar-refractivity contribution in [1.29, 1.82) is 0 Å². The van der Waals surface area contributed by atoms with Crippen molar-refractivity contribution in [3.63, 3.8) is 0 Å². The molecule has 0 amide bonds. The molecule has 1 atom stereocenters. The predicted molar refractivity (Wildman–Crippen MR) is 65.1 cm³/mol. The minimum absolute atomic E-state index is 0.830. The molecule has 1 aliphatic heterocycles. The highest BCUT2D eigenvalue weighted by Gasteiger charge is 2.24. The van der Waals surface area contributed by atoms with Crippen LogP contribution >= 0.6 is 0 Å². The fourth-order valence-corrected chi connectivity index (χ4v) is 3.30. The van der Waals surface area contributed by atoms with E-state index in [0.717, 1.165) is 12.0 Å². The molecule has 1 heterocycles. The molecule has 15 heavy (non-hydrogen) atoms. The number of likely N-dealkylation sites (N-methyl/N-ethyl adjacent to an activating group) is 1. The molecule has 2 aliphatic rings. The normalized spacial score (nSPS) is 29.0. The van der Waals surface area contributed by atoms with Gasteiger partial charge in [-0.05, 0) is 45.3 Å². The summed E-state index contributed by atoms with van der Waals surface area (Å²) in [6, 6.07) is 0.830. The van der Waals surface area contributed by atoms with E-state index in [-0.39, 0.29) is 0 Å². The molecule has 2 rings (SSSR count). The first-order valence-electron chi connectivity index (χ1n) is 6.79. The summed E-state index contributed by atoms with van der Waals surface area (Å²) in [4.78, 5) is 2.72. The second kappa shape index (κ2) is 5.86. The van der Waals surface area contributed by atoms with Crippen molar-refractivity contribution >= 4 is 0 Å². The van der Waals surface area contributed by atoms with Crippen molar-refractivity contribution in [3.8, 4) is 0 Å². The summed E-state index contributed by atoms with van der Waals surface area (Å²) >= 11 is 0. The van der Waals surface area contributed by atoms with Crippen molar-refractivity contribution in [1.82, 2.24) is 10.2 Å². The van der Waals surface area contributed by atoms with E-state index < -0.39 is 0 Å². The van der Waals surface area contributed by atoms with Gasteiger partial charge in [-0.15, -0.1) is 0 Å². The molecule has 1 saturated carbocycles. The summed E-state index contributed by atoms with van der Waals surface area (Å²) in [6.45, 7) is 3.89. The lowest BCUT2D eigenvalue weighted by atomic mass is 10.0. The van der Waals surface area contributed by atoms with Crippen LogP contribution in [0.15, 0.2) is 0 Å². The van der Waals surface area contributed by atoms with E-state index in [4.69, 9.17) is 0 Å². The van der Waals surface area contributed by atoms with Gasteiger partial charge in [0.15, 0.2) is 0 Å². The van der Waals surface area contributed by atoms with Crippen molar-refractivity contribution in [2.75, 3.05) is 26.7 Å². The lowest BCUT2D eigenvalue weighted by Gasteiger charge is -2.25. The zero-order valence-corrected chi connectivity index (χ0v) is 10.2. The van der Waals surface area contributed by atoms with Crippen molar-refractivity contribution < 1.29 is 0 Å². The highest BCUT2D eigenvalue weighted by atomic mass is 15.2. The Morgan fingerprint density at radius 1 is 1.13 bits per heavy atom. The number of rotatable bonds is 5. The van der Waals surface area contributed by atoms with Gasteiger partial charge in [0.05, 0.1) is 0 Å². The van der Waals surface area contributed by atoms with E-state index in [1.54, 1.807) is 0 Å². The third-order valence-corrected chi connectivity index (χ3v) is 4.24. The van der Waals surface area contributed by atoms with Crippen LogP contribution in [0, 0.1) is 5.92 Å². The zero-order valence-electron chi connectivity index (χ0n) is 10.2. The van der Waals surface area contributed by atoms with Gasteiger partial charge in [-0.2, -0.15) is 0 Å². The summed E-state index contributed by atoms with van der Waals surface area (Å²) in [5.41, 5.74) is 0. The molecule has 0 radical (unpaired) electrons. The molecule has 0 spiro atoms. The smallest absolute Gasteiger partial charge is 0.0220 e. The molecule has 1 saturated heterocycles. The van der Waals surface area contributed by atoms with E-state index in [9.17, 15) is 0 Å². The molecule has 0 bridgehead atoms. The van der Waals surface area contributed by atoms with Crippen molar-refractivity contribution in [2.24, 2.45) is 5.92 Å². The Kier molecular flexibility index (Phi) is 4.45. The lowest BCUT2D eigenvalue weighted by Crippen LogP contribution is -2.37. The Labute approximate surface area is 94.4 Å². The molecule has 0 aromatic rings. The maximum atomic E-state index is 3.33. The molecule has 2 fully saturated rings. The van der Waals surface area contributed by atoms with Crippen molar-refractivity contribution in [2.45, 2.75) is 51.0 Å². The molecule has 0 aromatic carbocycles. The molecular weight excluding hydrogens is 184 g/mol. The Hall–Kier alpha value is -0.0800. The van der Waals surface area contributed by atoms with Gasteiger partial charge in [-0.1, -0.05) is 25.7 Å². The molecule has 1 N–H and O–H groups in total. The minimum Gasteiger partial charge on any atom is -0.318 e. The quantitative estimate of drug-likeness (QED) is 0.749. The van der Waals surface area contributed by atoms with E-state index >= 15 is 0 Å². The second-order valence-corrected chi connectivity index (χ2v) is 5.33. The molecule has 2 nitrogen and oxygen atoms in total. The van der Waals surface area contributed by atoms with Crippen LogP contribution in [-0.2, 0) is 0 Å². The molecule has 2 heteroatoms. The summed E-state index contributed by atoms with van der Waals surface area (Å²) in [6.07, 6.45) is 10.3. The Bertz CT molecular complexity index is 175. The first-order chi connectivity index (χ1) is 7.40. The van der Waals surface area contributed by atoms with Crippen LogP contribution in [-0.4, -0.2) is 37.6 Å². The average Bonchev–Trinajstić information content (AvgIpc) is 2.85. The van der Waals surface area contributed by atoms with Gasteiger partial charge >= 0.3 is 0 Å². The van der Waals surface area contributed by atoms with Gasteiger partial charge in [-0.3, -0.25) is 4.90 Å². The first kappa shape index (κ1) is 11.4. The Morgan fingerprint density at radius 2 is 1.93 bits per heavy atom.